The lowest BCUT2D eigenvalue weighted by molar-refractivity contribution is 0.221. The van der Waals surface area contributed by atoms with Gasteiger partial charge >= 0.3 is 0 Å². The number of piperidine rings is 1. The highest BCUT2D eigenvalue weighted by Crippen LogP contribution is 2.27. The zero-order valence-electron chi connectivity index (χ0n) is 8.55. The zero-order valence-corrected chi connectivity index (χ0v) is 9.30. The first-order valence-electron chi connectivity index (χ1n) is 5.40. The van der Waals surface area contributed by atoms with E-state index in [1.165, 1.54) is 0 Å². The molecule has 0 bridgehead atoms. The molecule has 0 saturated carbocycles. The summed E-state index contributed by atoms with van der Waals surface area (Å²) in [6.07, 6.45) is 2.28. The van der Waals surface area contributed by atoms with E-state index < -0.39 is 6.17 Å². The molecule has 1 aromatic carbocycles. The number of alkyl halides is 1. The molecule has 1 N–H and O–H groups in total. The Morgan fingerprint density at radius 3 is 2.60 bits per heavy atom. The molecule has 0 radical (unpaired) electrons. The summed E-state index contributed by atoms with van der Waals surface area (Å²) in [5.41, 5.74) is 0.721. The van der Waals surface area contributed by atoms with Crippen molar-refractivity contribution >= 4 is 11.6 Å². The summed E-state index contributed by atoms with van der Waals surface area (Å²) >= 11 is 5.76. The molecule has 2 atom stereocenters. The van der Waals surface area contributed by atoms with Gasteiger partial charge in [0.15, 0.2) is 0 Å². The Hall–Kier alpha value is -0.600. The highest BCUT2D eigenvalue weighted by atomic mass is 35.5. The van der Waals surface area contributed by atoms with Gasteiger partial charge in [-0.05, 0) is 37.1 Å². The summed E-state index contributed by atoms with van der Waals surface area (Å²) in [4.78, 5) is 0. The average molecular weight is 228 g/mol. The summed E-state index contributed by atoms with van der Waals surface area (Å²) in [5.74, 6) is 0. The van der Waals surface area contributed by atoms with Gasteiger partial charge < -0.3 is 5.32 Å². The highest BCUT2D eigenvalue weighted by Gasteiger charge is 2.23. The molecular formula is C12H15ClFN. The molecule has 82 valence electrons. The second kappa shape index (κ2) is 4.95. The average Bonchev–Trinajstić information content (AvgIpc) is 2.30. The van der Waals surface area contributed by atoms with Crippen molar-refractivity contribution in [3.05, 3.63) is 34.9 Å². The Morgan fingerprint density at radius 1 is 1.27 bits per heavy atom. The lowest BCUT2D eigenvalue weighted by atomic mass is 9.96. The van der Waals surface area contributed by atoms with Crippen LogP contribution >= 0.6 is 11.6 Å². The van der Waals surface area contributed by atoms with Crippen LogP contribution in [-0.2, 0) is 0 Å². The van der Waals surface area contributed by atoms with E-state index in [9.17, 15) is 4.39 Å². The van der Waals surface area contributed by atoms with Crippen LogP contribution in [0.2, 0.25) is 5.02 Å². The summed E-state index contributed by atoms with van der Waals surface area (Å²) < 4.78 is 14.0. The Morgan fingerprint density at radius 2 is 2.00 bits per heavy atom. The van der Waals surface area contributed by atoms with Gasteiger partial charge in [-0.3, -0.25) is 0 Å². The van der Waals surface area contributed by atoms with Crippen molar-refractivity contribution in [3.63, 3.8) is 0 Å². The maximum atomic E-state index is 14.0. The van der Waals surface area contributed by atoms with Crippen molar-refractivity contribution in [2.24, 2.45) is 0 Å². The Bertz CT molecular complexity index is 306. The van der Waals surface area contributed by atoms with Crippen molar-refractivity contribution in [2.45, 2.75) is 31.5 Å². The lowest BCUT2D eigenvalue weighted by Gasteiger charge is -2.26. The molecule has 1 aromatic rings. The summed E-state index contributed by atoms with van der Waals surface area (Å²) in [6.45, 7) is 0.929. The highest BCUT2D eigenvalue weighted by molar-refractivity contribution is 6.30. The topological polar surface area (TPSA) is 12.0 Å². The molecular weight excluding hydrogens is 213 g/mol. The van der Waals surface area contributed by atoms with Crippen molar-refractivity contribution in [3.8, 4) is 0 Å². The van der Waals surface area contributed by atoms with Gasteiger partial charge in [0.05, 0.1) is 0 Å². The van der Waals surface area contributed by atoms with Gasteiger partial charge in [0.1, 0.15) is 6.17 Å². The molecule has 1 heterocycles. The molecule has 1 saturated heterocycles. The molecule has 2 unspecified atom stereocenters. The van der Waals surface area contributed by atoms with Gasteiger partial charge in [-0.15, -0.1) is 0 Å². The first-order valence-corrected chi connectivity index (χ1v) is 5.78. The van der Waals surface area contributed by atoms with Gasteiger partial charge in [-0.2, -0.15) is 0 Å². The van der Waals surface area contributed by atoms with Crippen LogP contribution in [0.1, 0.15) is 31.0 Å². The molecule has 2 rings (SSSR count). The lowest BCUT2D eigenvalue weighted by Crippen LogP contribution is -2.37. The fourth-order valence-corrected chi connectivity index (χ4v) is 2.13. The van der Waals surface area contributed by atoms with Gasteiger partial charge in [0.2, 0.25) is 0 Å². The predicted octanol–water partition coefficient (Wildman–Crippen LogP) is 3.49. The molecule has 1 nitrogen and oxygen atoms in total. The molecule has 1 aliphatic rings. The first-order chi connectivity index (χ1) is 7.27. The molecule has 0 aliphatic carbocycles. The van der Waals surface area contributed by atoms with E-state index in [1.807, 2.05) is 0 Å². The smallest absolute Gasteiger partial charge is 0.140 e. The van der Waals surface area contributed by atoms with Crippen molar-refractivity contribution < 1.29 is 4.39 Å². The van der Waals surface area contributed by atoms with E-state index >= 15 is 0 Å². The van der Waals surface area contributed by atoms with E-state index in [0.717, 1.165) is 31.4 Å². The van der Waals surface area contributed by atoms with Crippen LogP contribution in [0.5, 0.6) is 0 Å². The van der Waals surface area contributed by atoms with Crippen LogP contribution in [0.25, 0.3) is 0 Å². The van der Waals surface area contributed by atoms with E-state index in [4.69, 9.17) is 11.6 Å². The minimum Gasteiger partial charge on any atom is -0.311 e. The molecule has 1 aliphatic heterocycles. The van der Waals surface area contributed by atoms with Crippen molar-refractivity contribution in [2.75, 3.05) is 6.54 Å². The third-order valence-corrected chi connectivity index (χ3v) is 3.14. The second-order valence-electron chi connectivity index (χ2n) is 4.01. The number of rotatable bonds is 2. The maximum absolute atomic E-state index is 14.0. The standard InChI is InChI=1S/C12H15ClFN/c13-10-6-4-9(5-7-10)12(14)11-3-1-2-8-15-11/h4-7,11-12,15H,1-3,8H2. The fourth-order valence-electron chi connectivity index (χ4n) is 2.01. The van der Waals surface area contributed by atoms with E-state index in [-0.39, 0.29) is 6.04 Å². The third-order valence-electron chi connectivity index (χ3n) is 2.89. The summed E-state index contributed by atoms with van der Waals surface area (Å²) in [7, 11) is 0. The predicted molar refractivity (Wildman–Crippen MR) is 60.9 cm³/mol. The van der Waals surface area contributed by atoms with Crippen LogP contribution in [0.4, 0.5) is 4.39 Å². The first kappa shape index (κ1) is 10.9. The van der Waals surface area contributed by atoms with Gasteiger partial charge in [0, 0.05) is 11.1 Å². The zero-order chi connectivity index (χ0) is 10.7. The largest absolute Gasteiger partial charge is 0.311 e. The number of benzene rings is 1. The molecule has 3 heteroatoms. The molecule has 0 aromatic heterocycles. The van der Waals surface area contributed by atoms with E-state index in [2.05, 4.69) is 5.32 Å². The van der Waals surface area contributed by atoms with Crippen molar-refractivity contribution in [1.82, 2.24) is 5.32 Å². The minimum absolute atomic E-state index is 0.0278. The van der Waals surface area contributed by atoms with Gasteiger partial charge in [-0.1, -0.05) is 30.2 Å². The Labute approximate surface area is 94.6 Å². The van der Waals surface area contributed by atoms with Crippen LogP contribution in [-0.4, -0.2) is 12.6 Å². The molecule has 1 fully saturated rings. The Balaban J connectivity index is 2.05. The summed E-state index contributed by atoms with van der Waals surface area (Å²) in [5, 5.41) is 3.88. The van der Waals surface area contributed by atoms with E-state index in [0.29, 0.717) is 5.02 Å². The van der Waals surface area contributed by atoms with Crippen LogP contribution in [0, 0.1) is 0 Å². The number of nitrogens with one attached hydrogen (secondary N) is 1. The quantitative estimate of drug-likeness (QED) is 0.816. The minimum atomic E-state index is -0.914. The summed E-state index contributed by atoms with van der Waals surface area (Å²) in [6, 6.07) is 6.99. The van der Waals surface area contributed by atoms with E-state index in [1.54, 1.807) is 24.3 Å². The van der Waals surface area contributed by atoms with Crippen molar-refractivity contribution in [1.29, 1.82) is 0 Å². The van der Waals surface area contributed by atoms with Crippen LogP contribution in [0.15, 0.2) is 24.3 Å². The SMILES string of the molecule is FC(c1ccc(Cl)cc1)C1CCCCN1. The normalized spacial score (nSPS) is 23.7. The molecule has 0 amide bonds. The van der Waals surface area contributed by atoms with Crippen LogP contribution < -0.4 is 5.32 Å². The van der Waals surface area contributed by atoms with Gasteiger partial charge in [-0.25, -0.2) is 4.39 Å². The molecule has 0 spiro atoms. The number of hydrogen-bond donors (Lipinski definition) is 1. The second-order valence-corrected chi connectivity index (χ2v) is 4.45. The van der Waals surface area contributed by atoms with Gasteiger partial charge in [0.25, 0.3) is 0 Å². The number of halogens is 2. The van der Waals surface area contributed by atoms with Crippen LogP contribution in [0.3, 0.4) is 0 Å². The Kier molecular flexibility index (Phi) is 3.60. The monoisotopic (exact) mass is 227 g/mol. The third kappa shape index (κ3) is 2.70. The number of hydrogen-bond acceptors (Lipinski definition) is 1. The molecule has 15 heavy (non-hydrogen) atoms. The fraction of sp³-hybridized carbons (Fsp3) is 0.500. The maximum Gasteiger partial charge on any atom is 0.140 e.